The van der Waals surface area contributed by atoms with Crippen molar-refractivity contribution in [2.75, 3.05) is 12.3 Å². The highest BCUT2D eigenvalue weighted by atomic mass is 35.5. The molecule has 0 saturated carbocycles. The second-order valence-corrected chi connectivity index (χ2v) is 7.74. The van der Waals surface area contributed by atoms with E-state index in [-0.39, 0.29) is 27.6 Å². The molecular weight excluding hydrogens is 295 g/mol. The van der Waals surface area contributed by atoms with Gasteiger partial charge in [0.2, 0.25) is 10.0 Å². The van der Waals surface area contributed by atoms with Gasteiger partial charge in [-0.3, -0.25) is 0 Å². The minimum atomic E-state index is -3.74. The van der Waals surface area contributed by atoms with Gasteiger partial charge in [-0.25, -0.2) is 13.1 Å². The molecule has 0 atom stereocenters. The van der Waals surface area contributed by atoms with Crippen molar-refractivity contribution in [2.45, 2.75) is 25.7 Å². The molecule has 0 aromatic heterocycles. The summed E-state index contributed by atoms with van der Waals surface area (Å²) in [5, 5.41) is 0.314. The molecule has 0 heterocycles. The van der Waals surface area contributed by atoms with Crippen molar-refractivity contribution >= 4 is 38.9 Å². The summed E-state index contributed by atoms with van der Waals surface area (Å²) in [7, 11) is -3.74. The van der Waals surface area contributed by atoms with Gasteiger partial charge in [0.1, 0.15) is 4.90 Å². The van der Waals surface area contributed by atoms with Crippen LogP contribution in [0.25, 0.3) is 0 Å². The zero-order valence-electron chi connectivity index (χ0n) is 10.4. The molecule has 0 radical (unpaired) electrons. The molecule has 0 bridgehead atoms. The first kappa shape index (κ1) is 15.6. The summed E-state index contributed by atoms with van der Waals surface area (Å²) in [6, 6.07) is 2.71. The fourth-order valence-corrected chi connectivity index (χ4v) is 3.51. The molecule has 0 aliphatic carbocycles. The number of hydrogen-bond donors (Lipinski definition) is 2. The van der Waals surface area contributed by atoms with Gasteiger partial charge >= 0.3 is 0 Å². The molecule has 1 aromatic rings. The topological polar surface area (TPSA) is 72.2 Å². The number of halogens is 2. The smallest absolute Gasteiger partial charge is 0.244 e. The van der Waals surface area contributed by atoms with Crippen molar-refractivity contribution in [1.82, 2.24) is 4.72 Å². The molecule has 7 heteroatoms. The fourth-order valence-electron chi connectivity index (χ4n) is 1.25. The number of benzene rings is 1. The molecule has 1 aromatic carbocycles. The van der Waals surface area contributed by atoms with Gasteiger partial charge < -0.3 is 5.73 Å². The molecule has 0 unspecified atom stereocenters. The maximum absolute atomic E-state index is 12.1. The second-order valence-electron chi connectivity index (χ2n) is 5.19. The lowest BCUT2D eigenvalue weighted by Crippen LogP contribution is -2.32. The van der Waals surface area contributed by atoms with Crippen molar-refractivity contribution in [3.63, 3.8) is 0 Å². The molecule has 0 aliphatic heterocycles. The van der Waals surface area contributed by atoms with Crippen LogP contribution in [0.2, 0.25) is 10.0 Å². The third-order valence-electron chi connectivity index (χ3n) is 2.10. The molecule has 0 aliphatic rings. The van der Waals surface area contributed by atoms with Crippen LogP contribution in [-0.4, -0.2) is 15.0 Å². The normalized spacial score (nSPS) is 12.7. The number of rotatable bonds is 3. The first-order valence-electron chi connectivity index (χ1n) is 5.27. The Bertz CT molecular complexity index is 528. The Balaban J connectivity index is 3.14. The van der Waals surface area contributed by atoms with Crippen molar-refractivity contribution in [1.29, 1.82) is 0 Å². The zero-order valence-corrected chi connectivity index (χ0v) is 12.7. The molecule has 0 fully saturated rings. The van der Waals surface area contributed by atoms with Crippen molar-refractivity contribution in [2.24, 2.45) is 5.41 Å². The molecule has 102 valence electrons. The SMILES string of the molecule is CC(C)(C)CNS(=O)(=O)c1c(N)cc(Cl)cc1Cl. The summed E-state index contributed by atoms with van der Waals surface area (Å²) in [5.74, 6) is 0. The molecule has 1 rings (SSSR count). The standard InChI is InChI=1S/C11H16Cl2N2O2S/c1-11(2,3)6-15-18(16,17)10-8(13)4-7(12)5-9(10)14/h4-5,15H,6,14H2,1-3H3. The molecule has 4 nitrogen and oxygen atoms in total. The summed E-state index contributed by atoms with van der Waals surface area (Å²) in [5.41, 5.74) is 5.52. The van der Waals surface area contributed by atoms with E-state index in [9.17, 15) is 8.42 Å². The van der Waals surface area contributed by atoms with E-state index in [0.29, 0.717) is 5.02 Å². The summed E-state index contributed by atoms with van der Waals surface area (Å²) in [4.78, 5) is -0.127. The van der Waals surface area contributed by atoms with Gasteiger partial charge in [0.15, 0.2) is 0 Å². The van der Waals surface area contributed by atoms with Crippen LogP contribution in [0.15, 0.2) is 17.0 Å². The predicted octanol–water partition coefficient (Wildman–Crippen LogP) is 2.90. The van der Waals surface area contributed by atoms with E-state index in [1.165, 1.54) is 12.1 Å². The highest BCUT2D eigenvalue weighted by Gasteiger charge is 2.23. The maximum Gasteiger partial charge on any atom is 0.244 e. The van der Waals surface area contributed by atoms with Crippen LogP contribution < -0.4 is 10.5 Å². The van der Waals surface area contributed by atoms with Crippen molar-refractivity contribution in [3.05, 3.63) is 22.2 Å². The number of nitrogens with one attached hydrogen (secondary N) is 1. The van der Waals surface area contributed by atoms with Gasteiger partial charge in [0.25, 0.3) is 0 Å². The first-order valence-corrected chi connectivity index (χ1v) is 7.51. The minimum absolute atomic E-state index is 0.0152. The molecule has 0 saturated heterocycles. The lowest BCUT2D eigenvalue weighted by molar-refractivity contribution is 0.407. The summed E-state index contributed by atoms with van der Waals surface area (Å²) in [6.45, 7) is 6.04. The van der Waals surface area contributed by atoms with Crippen LogP contribution in [0.4, 0.5) is 5.69 Å². The highest BCUT2D eigenvalue weighted by Crippen LogP contribution is 2.31. The van der Waals surface area contributed by atoms with Crippen LogP contribution in [0, 0.1) is 5.41 Å². The fraction of sp³-hybridized carbons (Fsp3) is 0.455. The van der Waals surface area contributed by atoms with Gasteiger partial charge in [0, 0.05) is 11.6 Å². The van der Waals surface area contributed by atoms with E-state index < -0.39 is 10.0 Å². The van der Waals surface area contributed by atoms with Gasteiger partial charge in [-0.05, 0) is 17.5 Å². The lowest BCUT2D eigenvalue weighted by Gasteiger charge is -2.19. The monoisotopic (exact) mass is 310 g/mol. The number of hydrogen-bond acceptors (Lipinski definition) is 3. The van der Waals surface area contributed by atoms with Crippen LogP contribution in [0.3, 0.4) is 0 Å². The quantitative estimate of drug-likeness (QED) is 0.843. The van der Waals surface area contributed by atoms with E-state index >= 15 is 0 Å². The number of sulfonamides is 1. The molecular formula is C11H16Cl2N2O2S. The van der Waals surface area contributed by atoms with Crippen LogP contribution in [-0.2, 0) is 10.0 Å². The Morgan fingerprint density at radius 2 is 1.83 bits per heavy atom. The summed E-state index contributed by atoms with van der Waals surface area (Å²) < 4.78 is 26.7. The van der Waals surface area contributed by atoms with Gasteiger partial charge in [-0.15, -0.1) is 0 Å². The molecule has 3 N–H and O–H groups in total. The number of anilines is 1. The van der Waals surface area contributed by atoms with E-state index in [4.69, 9.17) is 28.9 Å². The van der Waals surface area contributed by atoms with E-state index in [1.54, 1.807) is 0 Å². The molecule has 0 spiro atoms. The molecule has 18 heavy (non-hydrogen) atoms. The predicted molar refractivity (Wildman–Crippen MR) is 75.5 cm³/mol. The number of nitrogen functional groups attached to an aromatic ring is 1. The third-order valence-corrected chi connectivity index (χ3v) is 4.24. The van der Waals surface area contributed by atoms with E-state index in [2.05, 4.69) is 4.72 Å². The van der Waals surface area contributed by atoms with Crippen molar-refractivity contribution in [3.8, 4) is 0 Å². The van der Waals surface area contributed by atoms with Crippen LogP contribution in [0.5, 0.6) is 0 Å². The third kappa shape index (κ3) is 4.02. The Kier molecular flexibility index (Phi) is 4.54. The summed E-state index contributed by atoms with van der Waals surface area (Å²) in [6.07, 6.45) is 0. The van der Waals surface area contributed by atoms with Crippen LogP contribution >= 0.6 is 23.2 Å². The Hall–Kier alpha value is -0.490. The zero-order chi connectivity index (χ0) is 14.1. The van der Waals surface area contributed by atoms with Crippen LogP contribution in [0.1, 0.15) is 20.8 Å². The second kappa shape index (κ2) is 5.25. The van der Waals surface area contributed by atoms with E-state index in [0.717, 1.165) is 0 Å². The van der Waals surface area contributed by atoms with Gasteiger partial charge in [-0.1, -0.05) is 44.0 Å². The minimum Gasteiger partial charge on any atom is -0.398 e. The van der Waals surface area contributed by atoms with Crippen molar-refractivity contribution < 1.29 is 8.42 Å². The maximum atomic E-state index is 12.1. The largest absolute Gasteiger partial charge is 0.398 e. The summed E-state index contributed by atoms with van der Waals surface area (Å²) >= 11 is 11.6. The Morgan fingerprint density at radius 3 is 2.28 bits per heavy atom. The van der Waals surface area contributed by atoms with E-state index in [1.807, 2.05) is 20.8 Å². The average Bonchev–Trinajstić information content (AvgIpc) is 2.11. The lowest BCUT2D eigenvalue weighted by atomic mass is 9.98. The van der Waals surface area contributed by atoms with Gasteiger partial charge in [-0.2, -0.15) is 0 Å². The first-order chi connectivity index (χ1) is 8.03. The Morgan fingerprint density at radius 1 is 1.28 bits per heavy atom. The van der Waals surface area contributed by atoms with Gasteiger partial charge in [0.05, 0.1) is 10.7 Å². The molecule has 0 amide bonds. The number of nitrogens with two attached hydrogens (primary N) is 1. The Labute approximate surface area is 118 Å². The average molecular weight is 311 g/mol. The highest BCUT2D eigenvalue weighted by molar-refractivity contribution is 7.89.